The molecule has 1 saturated carbocycles. The van der Waals surface area contributed by atoms with Gasteiger partial charge in [0.2, 0.25) is 0 Å². The van der Waals surface area contributed by atoms with Gasteiger partial charge < -0.3 is 15.9 Å². The molecule has 0 aromatic carbocycles. The van der Waals surface area contributed by atoms with Crippen molar-refractivity contribution in [3.05, 3.63) is 0 Å². The van der Waals surface area contributed by atoms with Gasteiger partial charge in [-0.2, -0.15) is 0 Å². The van der Waals surface area contributed by atoms with Gasteiger partial charge in [0.15, 0.2) is 0 Å². The van der Waals surface area contributed by atoms with Crippen LogP contribution in [0, 0.1) is 5.92 Å². The Labute approximate surface area is 77.7 Å². The van der Waals surface area contributed by atoms with Crippen LogP contribution in [0.2, 0.25) is 0 Å². The zero-order chi connectivity index (χ0) is 9.84. The van der Waals surface area contributed by atoms with Crippen molar-refractivity contribution in [2.75, 3.05) is 0 Å². The number of aliphatic hydroxyl groups is 1. The number of carboxylic acids is 1. The molecule has 1 rings (SSSR count). The summed E-state index contributed by atoms with van der Waals surface area (Å²) in [7, 11) is 0. The molecule has 76 valence electrons. The van der Waals surface area contributed by atoms with Crippen molar-refractivity contribution in [1.82, 2.24) is 0 Å². The van der Waals surface area contributed by atoms with Crippen molar-refractivity contribution in [2.45, 2.75) is 44.2 Å². The van der Waals surface area contributed by atoms with E-state index in [0.29, 0.717) is 12.8 Å². The van der Waals surface area contributed by atoms with Crippen LogP contribution in [-0.4, -0.2) is 28.3 Å². The Balaban J connectivity index is 2.31. The molecule has 0 aromatic heterocycles. The van der Waals surface area contributed by atoms with Crippen LogP contribution >= 0.6 is 0 Å². The maximum atomic E-state index is 10.5. The highest BCUT2D eigenvalue weighted by molar-refractivity contribution is 5.73. The van der Waals surface area contributed by atoms with Crippen LogP contribution in [0.15, 0.2) is 0 Å². The number of nitrogens with two attached hydrogens (primary N) is 1. The zero-order valence-corrected chi connectivity index (χ0v) is 7.65. The first-order valence-electron chi connectivity index (χ1n) is 4.76. The van der Waals surface area contributed by atoms with Gasteiger partial charge >= 0.3 is 5.97 Å². The normalized spacial score (nSPS) is 31.2. The number of carbonyl (C=O) groups is 1. The Hall–Kier alpha value is -0.610. The lowest BCUT2D eigenvalue weighted by Gasteiger charge is -2.26. The number of rotatable bonds is 3. The maximum Gasteiger partial charge on any atom is 0.320 e. The molecule has 0 saturated heterocycles. The number of hydrogen-bond acceptors (Lipinski definition) is 3. The van der Waals surface area contributed by atoms with Crippen LogP contribution in [0.5, 0.6) is 0 Å². The second-order valence-electron chi connectivity index (χ2n) is 3.87. The summed E-state index contributed by atoms with van der Waals surface area (Å²) in [5.74, 6) is -0.657. The molecule has 0 aromatic rings. The van der Waals surface area contributed by atoms with E-state index in [4.69, 9.17) is 10.8 Å². The number of aliphatic carboxylic acids is 1. The van der Waals surface area contributed by atoms with E-state index in [1.165, 1.54) is 0 Å². The lowest BCUT2D eigenvalue weighted by atomic mass is 9.83. The quantitative estimate of drug-likeness (QED) is 0.595. The minimum Gasteiger partial charge on any atom is -0.480 e. The van der Waals surface area contributed by atoms with Gasteiger partial charge in [0, 0.05) is 0 Å². The topological polar surface area (TPSA) is 83.5 Å². The molecular weight excluding hydrogens is 170 g/mol. The molecule has 0 bridgehead atoms. The Kier molecular flexibility index (Phi) is 3.69. The summed E-state index contributed by atoms with van der Waals surface area (Å²) in [6.45, 7) is 0. The van der Waals surface area contributed by atoms with Crippen LogP contribution < -0.4 is 5.73 Å². The highest BCUT2D eigenvalue weighted by Gasteiger charge is 2.24. The van der Waals surface area contributed by atoms with Crippen LogP contribution in [0.4, 0.5) is 0 Å². The van der Waals surface area contributed by atoms with Gasteiger partial charge in [0.1, 0.15) is 6.04 Å². The minimum absolute atomic E-state index is 0.250. The molecule has 0 radical (unpaired) electrons. The molecule has 4 N–H and O–H groups in total. The fourth-order valence-corrected chi connectivity index (χ4v) is 1.94. The largest absolute Gasteiger partial charge is 0.480 e. The van der Waals surface area contributed by atoms with E-state index < -0.39 is 12.0 Å². The fourth-order valence-electron chi connectivity index (χ4n) is 1.94. The Morgan fingerprint density at radius 2 is 2.23 bits per heavy atom. The van der Waals surface area contributed by atoms with Crippen molar-refractivity contribution in [3.63, 3.8) is 0 Å². The summed E-state index contributed by atoms with van der Waals surface area (Å²) in [6, 6.07) is -0.768. The molecule has 1 aliphatic carbocycles. The first kappa shape index (κ1) is 10.5. The molecule has 13 heavy (non-hydrogen) atoms. The van der Waals surface area contributed by atoms with Crippen molar-refractivity contribution < 1.29 is 15.0 Å². The molecule has 1 fully saturated rings. The first-order chi connectivity index (χ1) is 6.09. The smallest absolute Gasteiger partial charge is 0.320 e. The van der Waals surface area contributed by atoms with Crippen molar-refractivity contribution in [1.29, 1.82) is 0 Å². The predicted molar refractivity (Wildman–Crippen MR) is 48.2 cm³/mol. The molecular formula is C9H17NO3. The van der Waals surface area contributed by atoms with Crippen molar-refractivity contribution in [3.8, 4) is 0 Å². The third kappa shape index (κ3) is 3.32. The molecule has 0 amide bonds. The molecule has 1 aliphatic rings. The molecule has 0 aliphatic heterocycles. The number of carboxylic acid groups (broad SMARTS) is 1. The van der Waals surface area contributed by atoms with E-state index in [1.54, 1.807) is 0 Å². The van der Waals surface area contributed by atoms with Gasteiger partial charge in [-0.15, -0.1) is 0 Å². The Morgan fingerprint density at radius 3 is 2.77 bits per heavy atom. The van der Waals surface area contributed by atoms with Crippen molar-refractivity contribution in [2.24, 2.45) is 11.7 Å². The van der Waals surface area contributed by atoms with Crippen LogP contribution in [0.3, 0.4) is 0 Å². The predicted octanol–water partition coefficient (Wildman–Crippen LogP) is 0.339. The molecule has 4 heteroatoms. The summed E-state index contributed by atoms with van der Waals surface area (Å²) < 4.78 is 0. The van der Waals surface area contributed by atoms with E-state index in [9.17, 15) is 9.90 Å². The molecule has 3 atom stereocenters. The first-order valence-corrected chi connectivity index (χ1v) is 4.76. The monoisotopic (exact) mass is 187 g/mol. The summed E-state index contributed by atoms with van der Waals surface area (Å²) >= 11 is 0. The van der Waals surface area contributed by atoms with Crippen LogP contribution in [-0.2, 0) is 4.79 Å². The van der Waals surface area contributed by atoms with E-state index in [1.807, 2.05) is 0 Å². The van der Waals surface area contributed by atoms with Gasteiger partial charge in [0.25, 0.3) is 0 Å². The van der Waals surface area contributed by atoms with Gasteiger partial charge in [-0.05, 0) is 25.2 Å². The summed E-state index contributed by atoms with van der Waals surface area (Å²) in [5.41, 5.74) is 5.41. The molecule has 0 spiro atoms. The SMILES string of the molecule is N[C@H](CC1CCCC(O)C1)C(=O)O. The summed E-state index contributed by atoms with van der Waals surface area (Å²) in [5, 5.41) is 17.9. The van der Waals surface area contributed by atoms with Crippen LogP contribution in [0.1, 0.15) is 32.1 Å². The highest BCUT2D eigenvalue weighted by atomic mass is 16.4. The van der Waals surface area contributed by atoms with Gasteiger partial charge in [0.05, 0.1) is 6.10 Å². The zero-order valence-electron chi connectivity index (χ0n) is 7.65. The maximum absolute atomic E-state index is 10.5. The van der Waals surface area contributed by atoms with Gasteiger partial charge in [-0.3, -0.25) is 4.79 Å². The van der Waals surface area contributed by atoms with Gasteiger partial charge in [-0.25, -0.2) is 0 Å². The summed E-state index contributed by atoms with van der Waals surface area (Å²) in [6.07, 6.45) is 3.78. The van der Waals surface area contributed by atoms with E-state index in [0.717, 1.165) is 19.3 Å². The third-order valence-electron chi connectivity index (χ3n) is 2.66. The van der Waals surface area contributed by atoms with E-state index in [-0.39, 0.29) is 12.0 Å². The summed E-state index contributed by atoms with van der Waals surface area (Å²) in [4.78, 5) is 10.5. The average molecular weight is 187 g/mol. The Morgan fingerprint density at radius 1 is 1.54 bits per heavy atom. The standard InChI is InChI=1S/C9H17NO3/c10-8(9(12)13)5-6-2-1-3-7(11)4-6/h6-8,11H,1-5,10H2,(H,12,13)/t6?,7?,8-/m1/s1. The molecule has 2 unspecified atom stereocenters. The molecule has 0 heterocycles. The van der Waals surface area contributed by atoms with Crippen LogP contribution in [0.25, 0.3) is 0 Å². The van der Waals surface area contributed by atoms with Crippen molar-refractivity contribution >= 4 is 5.97 Å². The van der Waals surface area contributed by atoms with E-state index in [2.05, 4.69) is 0 Å². The van der Waals surface area contributed by atoms with Gasteiger partial charge in [-0.1, -0.05) is 12.8 Å². The number of aliphatic hydroxyl groups excluding tert-OH is 1. The Bertz CT molecular complexity index is 184. The lowest BCUT2D eigenvalue weighted by molar-refractivity contribution is -0.139. The second kappa shape index (κ2) is 4.58. The fraction of sp³-hybridized carbons (Fsp3) is 0.889. The highest BCUT2D eigenvalue weighted by Crippen LogP contribution is 2.27. The van der Waals surface area contributed by atoms with E-state index >= 15 is 0 Å². The average Bonchev–Trinajstić information content (AvgIpc) is 2.04. The minimum atomic E-state index is -0.944. The lowest BCUT2D eigenvalue weighted by Crippen LogP contribution is -2.34. The molecule has 4 nitrogen and oxygen atoms in total. The second-order valence-corrected chi connectivity index (χ2v) is 3.87. The number of hydrogen-bond donors (Lipinski definition) is 3. The third-order valence-corrected chi connectivity index (χ3v) is 2.66.